The molecule has 0 saturated heterocycles. The summed E-state index contributed by atoms with van der Waals surface area (Å²) in [5, 5.41) is 16.3. The highest BCUT2D eigenvalue weighted by Gasteiger charge is 2.03. The molecule has 1 aromatic carbocycles. The van der Waals surface area contributed by atoms with Crippen LogP contribution in [0.2, 0.25) is 0 Å². The Labute approximate surface area is 126 Å². The van der Waals surface area contributed by atoms with Crippen LogP contribution >= 0.6 is 11.3 Å². The zero-order chi connectivity index (χ0) is 15.1. The number of thiophene rings is 1. The number of hydrogen-bond acceptors (Lipinski definition) is 3. The fourth-order valence-electron chi connectivity index (χ4n) is 1.78. The van der Waals surface area contributed by atoms with Crippen LogP contribution in [0.15, 0.2) is 41.8 Å². The van der Waals surface area contributed by atoms with E-state index < -0.39 is 5.97 Å². The van der Waals surface area contributed by atoms with Crippen molar-refractivity contribution in [3.8, 4) is 0 Å². The fourth-order valence-corrected chi connectivity index (χ4v) is 2.42. The summed E-state index contributed by atoms with van der Waals surface area (Å²) < 4.78 is 0. The maximum atomic E-state index is 11.6. The lowest BCUT2D eigenvalue weighted by atomic mass is 10.1. The number of carboxylic acid groups (broad SMARTS) is 1. The van der Waals surface area contributed by atoms with Crippen molar-refractivity contribution in [3.05, 3.63) is 57.8 Å². The molecule has 2 aromatic rings. The summed E-state index contributed by atoms with van der Waals surface area (Å²) in [4.78, 5) is 23.4. The highest BCUT2D eigenvalue weighted by Crippen LogP contribution is 2.07. The van der Waals surface area contributed by atoms with Gasteiger partial charge in [0.1, 0.15) is 0 Å². The number of urea groups is 1. The number of amides is 2. The second-order valence-corrected chi connectivity index (χ2v) is 5.47. The van der Waals surface area contributed by atoms with Gasteiger partial charge >= 0.3 is 12.0 Å². The zero-order valence-corrected chi connectivity index (χ0v) is 12.2. The van der Waals surface area contributed by atoms with Crippen LogP contribution in [-0.2, 0) is 13.0 Å². The van der Waals surface area contributed by atoms with E-state index in [1.54, 1.807) is 35.6 Å². The number of carbonyl (C=O) groups is 2. The van der Waals surface area contributed by atoms with Crippen molar-refractivity contribution >= 4 is 23.3 Å². The van der Waals surface area contributed by atoms with Gasteiger partial charge in [-0.3, -0.25) is 0 Å². The van der Waals surface area contributed by atoms with E-state index >= 15 is 0 Å². The summed E-state index contributed by atoms with van der Waals surface area (Å²) in [5.41, 5.74) is 1.25. The molecule has 2 amide bonds. The molecule has 3 N–H and O–H groups in total. The topological polar surface area (TPSA) is 78.4 Å². The normalized spacial score (nSPS) is 10.1. The zero-order valence-electron chi connectivity index (χ0n) is 11.3. The predicted octanol–water partition coefficient (Wildman–Crippen LogP) is 2.49. The van der Waals surface area contributed by atoms with Crippen LogP contribution in [0.4, 0.5) is 4.79 Å². The number of carbonyl (C=O) groups excluding carboxylic acids is 1. The van der Waals surface area contributed by atoms with E-state index in [0.29, 0.717) is 19.5 Å². The molecule has 0 spiro atoms. The highest BCUT2D eigenvalue weighted by atomic mass is 32.1. The Morgan fingerprint density at radius 1 is 1.10 bits per heavy atom. The first-order chi connectivity index (χ1) is 10.1. The third kappa shape index (κ3) is 4.92. The monoisotopic (exact) mass is 304 g/mol. The number of carboxylic acids is 1. The maximum absolute atomic E-state index is 11.6. The Kier molecular flexibility index (Phi) is 5.34. The molecule has 0 aliphatic carbocycles. The second kappa shape index (κ2) is 7.44. The van der Waals surface area contributed by atoms with Crippen LogP contribution in [0, 0.1) is 0 Å². The third-order valence-corrected chi connectivity index (χ3v) is 3.78. The van der Waals surface area contributed by atoms with Crippen molar-refractivity contribution in [1.29, 1.82) is 0 Å². The number of nitrogens with one attached hydrogen (secondary N) is 2. The van der Waals surface area contributed by atoms with Gasteiger partial charge in [-0.15, -0.1) is 11.3 Å². The Bertz CT molecular complexity index is 594. The minimum Gasteiger partial charge on any atom is -0.478 e. The van der Waals surface area contributed by atoms with Gasteiger partial charge in [0.25, 0.3) is 0 Å². The van der Waals surface area contributed by atoms with Gasteiger partial charge in [0.15, 0.2) is 0 Å². The number of hydrogen-bond donors (Lipinski definition) is 3. The highest BCUT2D eigenvalue weighted by molar-refractivity contribution is 7.09. The van der Waals surface area contributed by atoms with Crippen LogP contribution < -0.4 is 10.6 Å². The van der Waals surface area contributed by atoms with Crippen molar-refractivity contribution in [2.24, 2.45) is 0 Å². The van der Waals surface area contributed by atoms with E-state index in [4.69, 9.17) is 5.11 Å². The average molecular weight is 304 g/mol. The molecule has 0 aliphatic heterocycles. The van der Waals surface area contributed by atoms with E-state index in [9.17, 15) is 9.59 Å². The quantitative estimate of drug-likeness (QED) is 0.767. The number of aromatic carboxylic acids is 1. The van der Waals surface area contributed by atoms with Gasteiger partial charge in [0, 0.05) is 11.4 Å². The van der Waals surface area contributed by atoms with Crippen molar-refractivity contribution in [1.82, 2.24) is 10.6 Å². The predicted molar refractivity (Wildman–Crippen MR) is 81.7 cm³/mol. The molecule has 0 radical (unpaired) electrons. The third-order valence-electron chi connectivity index (χ3n) is 2.90. The minimum atomic E-state index is -0.937. The minimum absolute atomic E-state index is 0.203. The van der Waals surface area contributed by atoms with Gasteiger partial charge in [0.2, 0.25) is 0 Å². The molecule has 5 nitrogen and oxygen atoms in total. The summed E-state index contributed by atoms with van der Waals surface area (Å²) in [6.45, 7) is 1.03. The van der Waals surface area contributed by atoms with E-state index in [0.717, 1.165) is 10.4 Å². The Morgan fingerprint density at radius 3 is 2.48 bits per heavy atom. The largest absolute Gasteiger partial charge is 0.478 e. The summed E-state index contributed by atoms with van der Waals surface area (Å²) in [6, 6.07) is 10.4. The molecule has 2 rings (SSSR count). The van der Waals surface area contributed by atoms with Crippen molar-refractivity contribution in [2.45, 2.75) is 13.0 Å². The summed E-state index contributed by atoms with van der Waals surface area (Å²) in [6.07, 6.45) is 0.659. The lowest BCUT2D eigenvalue weighted by Crippen LogP contribution is -2.36. The van der Waals surface area contributed by atoms with Crippen molar-refractivity contribution < 1.29 is 14.7 Å². The first-order valence-corrected chi connectivity index (χ1v) is 7.39. The van der Waals surface area contributed by atoms with E-state index in [2.05, 4.69) is 10.6 Å². The molecule has 0 atom stereocenters. The molecule has 0 saturated carbocycles. The van der Waals surface area contributed by atoms with Crippen LogP contribution in [0.3, 0.4) is 0 Å². The summed E-state index contributed by atoms with van der Waals surface area (Å²) >= 11 is 1.60. The van der Waals surface area contributed by atoms with Crippen molar-refractivity contribution in [3.63, 3.8) is 0 Å². The Balaban J connectivity index is 1.68. The van der Waals surface area contributed by atoms with Crippen molar-refractivity contribution in [2.75, 3.05) is 6.54 Å². The van der Waals surface area contributed by atoms with Crippen LogP contribution in [-0.4, -0.2) is 23.7 Å². The van der Waals surface area contributed by atoms with E-state index in [1.807, 2.05) is 17.5 Å². The lowest BCUT2D eigenvalue weighted by molar-refractivity contribution is 0.0697. The molecule has 0 bridgehead atoms. The SMILES string of the molecule is O=C(NCCc1ccc(C(=O)O)cc1)NCc1cccs1. The van der Waals surface area contributed by atoms with E-state index in [1.165, 1.54) is 0 Å². The molecule has 110 valence electrons. The molecule has 0 unspecified atom stereocenters. The van der Waals surface area contributed by atoms with Gasteiger partial charge in [0.05, 0.1) is 12.1 Å². The molecule has 6 heteroatoms. The van der Waals surface area contributed by atoms with E-state index in [-0.39, 0.29) is 11.6 Å². The number of benzene rings is 1. The lowest BCUT2D eigenvalue weighted by Gasteiger charge is -2.07. The summed E-state index contributed by atoms with van der Waals surface area (Å²) in [5.74, 6) is -0.937. The first-order valence-electron chi connectivity index (χ1n) is 6.51. The smallest absolute Gasteiger partial charge is 0.335 e. The Hall–Kier alpha value is -2.34. The van der Waals surface area contributed by atoms with Gasteiger partial charge in [-0.25, -0.2) is 9.59 Å². The molecular formula is C15H16N2O3S. The number of rotatable bonds is 6. The maximum Gasteiger partial charge on any atom is 0.335 e. The van der Waals surface area contributed by atoms with Gasteiger partial charge in [-0.2, -0.15) is 0 Å². The van der Waals surface area contributed by atoms with Crippen LogP contribution in [0.1, 0.15) is 20.8 Å². The Morgan fingerprint density at radius 2 is 1.86 bits per heavy atom. The van der Waals surface area contributed by atoms with Gasteiger partial charge < -0.3 is 15.7 Å². The second-order valence-electron chi connectivity index (χ2n) is 4.44. The molecule has 0 aliphatic rings. The molecular weight excluding hydrogens is 288 g/mol. The van der Waals surface area contributed by atoms with Gasteiger partial charge in [-0.05, 0) is 35.6 Å². The molecule has 1 heterocycles. The van der Waals surface area contributed by atoms with Gasteiger partial charge in [-0.1, -0.05) is 18.2 Å². The molecule has 0 fully saturated rings. The van der Waals surface area contributed by atoms with Crippen LogP contribution in [0.25, 0.3) is 0 Å². The molecule has 21 heavy (non-hydrogen) atoms. The van der Waals surface area contributed by atoms with Crippen LogP contribution in [0.5, 0.6) is 0 Å². The summed E-state index contributed by atoms with van der Waals surface area (Å²) in [7, 11) is 0. The fraction of sp³-hybridized carbons (Fsp3) is 0.200. The standard InChI is InChI=1S/C15H16N2O3S/c18-14(19)12-5-3-11(4-6-12)7-8-16-15(20)17-10-13-2-1-9-21-13/h1-6,9H,7-8,10H2,(H,18,19)(H2,16,17,20). The molecule has 1 aromatic heterocycles. The average Bonchev–Trinajstić information content (AvgIpc) is 2.99. The first kappa shape index (κ1) is 15.1.